The van der Waals surface area contributed by atoms with Crippen LogP contribution >= 0.6 is 0 Å². The van der Waals surface area contributed by atoms with Gasteiger partial charge < -0.3 is 0 Å². The molecule has 0 aromatic heterocycles. The summed E-state index contributed by atoms with van der Waals surface area (Å²) in [6.07, 6.45) is 0. The normalized spacial score (nSPS) is 99.0. The molecule has 5 fully saturated rings. The van der Waals surface area contributed by atoms with Gasteiger partial charge in [0.25, 0.3) is 0 Å². The van der Waals surface area contributed by atoms with E-state index in [-0.39, 0.29) is 0 Å². The molecule has 3 heterocycles. The lowest BCUT2D eigenvalue weighted by Crippen LogP contribution is -2.04. The monoisotopic (exact) mass is 93.0 g/mol. The Balaban J connectivity index is 2.31. The molecule has 2 saturated carbocycles. The summed E-state index contributed by atoms with van der Waals surface area (Å²) in [5.41, 5.74) is 4.31. The molecule has 2 aliphatic carbocycles. The Morgan fingerprint density at radius 3 is 1.67 bits per heavy atom. The Bertz CT molecular complexity index is 79.0. The van der Waals surface area contributed by atoms with E-state index < -0.39 is 0 Å². The largest absolute Gasteiger partial charge is 0.0590 e. The second-order valence-corrected chi connectivity index (χ2v) is 6.23. The van der Waals surface area contributed by atoms with E-state index in [1.165, 1.54) is 28.5 Å². The standard InChI is InChI=1S/C5H5Si/c1-2-3(1)6-4(1)5(2)6/h1-5H. The molecule has 0 N–H and O–H groups in total. The van der Waals surface area contributed by atoms with Crippen molar-refractivity contribution in [3.63, 3.8) is 0 Å². The van der Waals surface area contributed by atoms with Crippen molar-refractivity contribution in [3.8, 4) is 0 Å². The molecular formula is C5H5Si. The fraction of sp³-hybridized carbons (Fsp3) is 1.00. The maximum Gasteiger partial charge on any atom is 0.0590 e. The predicted octanol–water partition coefficient (Wildman–Crippen LogP) is 0.879. The average molecular weight is 93.2 g/mol. The third-order valence-electron chi connectivity index (χ3n) is 3.39. The summed E-state index contributed by atoms with van der Waals surface area (Å²) in [7, 11) is 0.530. The van der Waals surface area contributed by atoms with Gasteiger partial charge in [-0.2, -0.15) is 0 Å². The van der Waals surface area contributed by atoms with Gasteiger partial charge in [-0.1, -0.05) is 0 Å². The van der Waals surface area contributed by atoms with Gasteiger partial charge in [-0.15, -0.1) is 0 Å². The quantitative estimate of drug-likeness (QED) is 0.390. The highest BCUT2D eigenvalue weighted by Crippen LogP contribution is 3.06. The highest BCUT2D eigenvalue weighted by Gasteiger charge is 2.98. The molecule has 0 aromatic carbocycles. The molecule has 0 spiro atoms. The van der Waals surface area contributed by atoms with E-state index >= 15 is 0 Å². The summed E-state index contributed by atoms with van der Waals surface area (Å²) in [5.74, 6) is 2.76. The van der Waals surface area contributed by atoms with Crippen LogP contribution in [-0.4, -0.2) is 8.80 Å². The van der Waals surface area contributed by atoms with Gasteiger partial charge in [-0.25, -0.2) is 0 Å². The zero-order chi connectivity index (χ0) is 3.46. The van der Waals surface area contributed by atoms with Crippen molar-refractivity contribution in [2.24, 2.45) is 11.8 Å². The van der Waals surface area contributed by atoms with Crippen molar-refractivity contribution < 1.29 is 0 Å². The van der Waals surface area contributed by atoms with Crippen molar-refractivity contribution in [2.45, 2.75) is 16.6 Å². The van der Waals surface area contributed by atoms with E-state index in [0.29, 0.717) is 8.80 Å². The summed E-state index contributed by atoms with van der Waals surface area (Å²) in [6.45, 7) is 0. The molecule has 29 valence electrons. The first-order valence-corrected chi connectivity index (χ1v) is 4.60. The molecule has 0 aromatic rings. The predicted molar refractivity (Wildman–Crippen MR) is 24.0 cm³/mol. The smallest absolute Gasteiger partial charge is 0.0430 e. The van der Waals surface area contributed by atoms with Crippen LogP contribution in [0.1, 0.15) is 0 Å². The van der Waals surface area contributed by atoms with Crippen molar-refractivity contribution in [1.29, 1.82) is 0 Å². The van der Waals surface area contributed by atoms with Gasteiger partial charge >= 0.3 is 0 Å². The van der Waals surface area contributed by atoms with Crippen LogP contribution in [0, 0.1) is 11.8 Å². The summed E-state index contributed by atoms with van der Waals surface area (Å²) < 4.78 is 0. The van der Waals surface area contributed by atoms with Gasteiger partial charge in [0.15, 0.2) is 0 Å². The molecular weight excluding hydrogens is 88.1 g/mol. The van der Waals surface area contributed by atoms with E-state index in [4.69, 9.17) is 0 Å². The lowest BCUT2D eigenvalue weighted by Gasteiger charge is -2.04. The average Bonchev–Trinajstić information content (AvgIpc) is 1.64. The maximum absolute atomic E-state index is 1.44. The molecule has 1 radical (unpaired) electrons. The first-order chi connectivity index (χ1) is 3.00. The molecule has 0 amide bonds. The van der Waals surface area contributed by atoms with E-state index in [0.717, 1.165) is 0 Å². The summed E-state index contributed by atoms with van der Waals surface area (Å²) in [6, 6.07) is 0. The van der Waals surface area contributed by atoms with Crippen LogP contribution in [0.3, 0.4) is 0 Å². The molecule has 6 heavy (non-hydrogen) atoms. The zero-order valence-electron chi connectivity index (χ0n) is 3.39. The molecule has 1 heteroatoms. The fourth-order valence-corrected chi connectivity index (χ4v) is 8.03. The molecule has 5 aliphatic rings. The zero-order valence-corrected chi connectivity index (χ0v) is 4.39. The van der Waals surface area contributed by atoms with Gasteiger partial charge in [0, 0.05) is 0 Å². The van der Waals surface area contributed by atoms with Gasteiger partial charge in [0.2, 0.25) is 0 Å². The molecule has 3 aliphatic heterocycles. The number of hydrogen-bond donors (Lipinski definition) is 0. The minimum absolute atomic E-state index is 0.530. The van der Waals surface area contributed by atoms with Gasteiger partial charge in [0.05, 0.1) is 8.80 Å². The van der Waals surface area contributed by atoms with Crippen molar-refractivity contribution >= 4 is 8.80 Å². The molecule has 0 bridgehead atoms. The second kappa shape index (κ2) is 0.280. The SMILES string of the molecule is C12C3C1[Si]1C2C31. The Labute approximate surface area is 38.2 Å². The second-order valence-electron chi connectivity index (χ2n) is 3.23. The van der Waals surface area contributed by atoms with Crippen LogP contribution in [0.5, 0.6) is 0 Å². The number of hydrogen-bond acceptors (Lipinski definition) is 0. The first kappa shape index (κ1) is 1.99. The van der Waals surface area contributed by atoms with Crippen molar-refractivity contribution in [2.75, 3.05) is 0 Å². The summed E-state index contributed by atoms with van der Waals surface area (Å²) in [4.78, 5) is 0. The van der Waals surface area contributed by atoms with E-state index in [1.54, 1.807) is 0 Å². The topological polar surface area (TPSA) is 0 Å². The molecule has 4 unspecified atom stereocenters. The van der Waals surface area contributed by atoms with Crippen LogP contribution in [0.25, 0.3) is 0 Å². The Hall–Kier alpha value is 0.217. The lowest BCUT2D eigenvalue weighted by atomic mass is 10.0. The van der Waals surface area contributed by atoms with Gasteiger partial charge in [-0.05, 0) is 28.5 Å². The third kappa shape index (κ3) is 0.0420. The maximum atomic E-state index is 1.44. The third-order valence-corrected chi connectivity index (χ3v) is 7.58. The Kier molecular flexibility index (Phi) is 0.0928. The molecule has 0 nitrogen and oxygen atoms in total. The Morgan fingerprint density at radius 2 is 1.50 bits per heavy atom. The highest BCUT2D eigenvalue weighted by atomic mass is 28.3. The van der Waals surface area contributed by atoms with Gasteiger partial charge in [0.1, 0.15) is 0 Å². The summed E-state index contributed by atoms with van der Waals surface area (Å²) in [5, 5.41) is 0. The molecule has 5 rings (SSSR count). The summed E-state index contributed by atoms with van der Waals surface area (Å²) >= 11 is 0. The lowest BCUT2D eigenvalue weighted by molar-refractivity contribution is 0.556. The fourth-order valence-electron chi connectivity index (χ4n) is 3.04. The van der Waals surface area contributed by atoms with Crippen LogP contribution in [0.4, 0.5) is 0 Å². The van der Waals surface area contributed by atoms with Crippen molar-refractivity contribution in [3.05, 3.63) is 0 Å². The van der Waals surface area contributed by atoms with Crippen LogP contribution in [0.15, 0.2) is 0 Å². The minimum atomic E-state index is 0.530. The Morgan fingerprint density at radius 1 is 0.833 bits per heavy atom. The van der Waals surface area contributed by atoms with Crippen LogP contribution < -0.4 is 0 Å². The highest BCUT2D eigenvalue weighted by molar-refractivity contribution is 6.86. The minimum Gasteiger partial charge on any atom is -0.0430 e. The van der Waals surface area contributed by atoms with E-state index in [2.05, 4.69) is 0 Å². The first-order valence-electron chi connectivity index (χ1n) is 2.87. The van der Waals surface area contributed by atoms with Crippen LogP contribution in [-0.2, 0) is 0 Å². The van der Waals surface area contributed by atoms with Crippen molar-refractivity contribution in [1.82, 2.24) is 0 Å². The van der Waals surface area contributed by atoms with Gasteiger partial charge in [-0.3, -0.25) is 0 Å². The molecule has 3 saturated heterocycles. The molecule has 4 atom stereocenters. The van der Waals surface area contributed by atoms with E-state index in [1.807, 2.05) is 0 Å². The van der Waals surface area contributed by atoms with E-state index in [9.17, 15) is 0 Å². The van der Waals surface area contributed by atoms with Crippen LogP contribution in [0.2, 0.25) is 16.6 Å². The number of rotatable bonds is 0.